The summed E-state index contributed by atoms with van der Waals surface area (Å²) in [5.74, 6) is 0. The van der Waals surface area contributed by atoms with Gasteiger partial charge < -0.3 is 10.2 Å². The molecule has 0 saturated carbocycles. The van der Waals surface area contributed by atoms with Crippen LogP contribution >= 0.6 is 22.9 Å². The van der Waals surface area contributed by atoms with E-state index < -0.39 is 0 Å². The lowest BCUT2D eigenvalue weighted by Gasteiger charge is -2.22. The maximum atomic E-state index is 6.10. The van der Waals surface area contributed by atoms with E-state index in [1.165, 1.54) is 16.1 Å². The Hall–Kier alpha value is -1.03. The molecule has 0 radical (unpaired) electrons. The third-order valence-electron chi connectivity index (χ3n) is 2.80. The van der Waals surface area contributed by atoms with Gasteiger partial charge in [0.15, 0.2) is 0 Å². The lowest BCUT2D eigenvalue weighted by Crippen LogP contribution is -2.19. The molecule has 1 aromatic carbocycles. The summed E-state index contributed by atoms with van der Waals surface area (Å²) < 4.78 is 0. The summed E-state index contributed by atoms with van der Waals surface area (Å²) in [6.45, 7) is 1.76. The molecule has 0 amide bonds. The summed E-state index contributed by atoms with van der Waals surface area (Å²) in [5.41, 5.74) is 2.45. The summed E-state index contributed by atoms with van der Waals surface area (Å²) in [5, 5.41) is 6.08. The van der Waals surface area contributed by atoms with Crippen molar-refractivity contribution in [3.8, 4) is 0 Å². The maximum absolute atomic E-state index is 6.10. The number of nitrogens with one attached hydrogen (secondary N) is 1. The first kappa shape index (κ1) is 13.4. The highest BCUT2D eigenvalue weighted by atomic mass is 35.5. The first-order valence-corrected chi connectivity index (χ1v) is 7.13. The van der Waals surface area contributed by atoms with Crippen molar-refractivity contribution in [3.63, 3.8) is 0 Å². The van der Waals surface area contributed by atoms with Gasteiger partial charge in [-0.05, 0) is 36.2 Å². The van der Waals surface area contributed by atoms with Crippen LogP contribution in [0.2, 0.25) is 5.02 Å². The van der Waals surface area contributed by atoms with Crippen LogP contribution in [0.5, 0.6) is 0 Å². The predicted octanol–water partition coefficient (Wildman–Crippen LogP) is 3.76. The van der Waals surface area contributed by atoms with Crippen LogP contribution in [0.25, 0.3) is 0 Å². The van der Waals surface area contributed by atoms with Gasteiger partial charge in [-0.3, -0.25) is 0 Å². The van der Waals surface area contributed by atoms with Gasteiger partial charge >= 0.3 is 0 Å². The first-order valence-electron chi connectivity index (χ1n) is 5.87. The van der Waals surface area contributed by atoms with E-state index in [1.54, 1.807) is 11.3 Å². The van der Waals surface area contributed by atoms with Crippen molar-refractivity contribution in [2.45, 2.75) is 13.1 Å². The molecule has 0 aliphatic heterocycles. The molecule has 0 atom stereocenters. The molecule has 96 valence electrons. The third kappa shape index (κ3) is 3.25. The second kappa shape index (κ2) is 6.23. The van der Waals surface area contributed by atoms with Crippen LogP contribution in [-0.4, -0.2) is 14.1 Å². The average Bonchev–Trinajstić information content (AvgIpc) is 2.84. The molecular weight excluding hydrogens is 264 g/mol. The number of thiophene rings is 1. The fourth-order valence-electron chi connectivity index (χ4n) is 1.95. The second-order valence-electron chi connectivity index (χ2n) is 4.24. The molecule has 1 aromatic heterocycles. The minimum absolute atomic E-state index is 0.780. The van der Waals surface area contributed by atoms with Gasteiger partial charge in [0.05, 0.1) is 6.54 Å². The monoisotopic (exact) mass is 280 g/mol. The van der Waals surface area contributed by atoms with Crippen LogP contribution in [0.15, 0.2) is 35.7 Å². The Bertz CT molecular complexity index is 497. The Morgan fingerprint density at radius 1 is 1.33 bits per heavy atom. The normalized spacial score (nSPS) is 10.6. The molecular formula is C14H17ClN2S. The van der Waals surface area contributed by atoms with Gasteiger partial charge in [0, 0.05) is 29.2 Å². The summed E-state index contributed by atoms with van der Waals surface area (Å²) in [6, 6.07) is 10.3. The number of nitrogens with zero attached hydrogens (tertiary/aromatic N) is 1. The molecule has 2 aromatic rings. The Labute approximate surface area is 117 Å². The number of benzene rings is 1. The highest BCUT2D eigenvalue weighted by Crippen LogP contribution is 2.26. The van der Waals surface area contributed by atoms with E-state index in [2.05, 4.69) is 40.8 Å². The van der Waals surface area contributed by atoms with Crippen molar-refractivity contribution in [2.75, 3.05) is 19.0 Å². The van der Waals surface area contributed by atoms with Crippen LogP contribution in [0.3, 0.4) is 0 Å². The van der Waals surface area contributed by atoms with Gasteiger partial charge in [-0.1, -0.05) is 23.7 Å². The molecule has 0 aliphatic carbocycles. The number of rotatable bonds is 5. The zero-order valence-electron chi connectivity index (χ0n) is 10.6. The Balaban J connectivity index is 2.22. The highest BCUT2D eigenvalue weighted by molar-refractivity contribution is 7.09. The second-order valence-corrected chi connectivity index (χ2v) is 5.71. The summed E-state index contributed by atoms with van der Waals surface area (Å²) in [6.07, 6.45) is 0. The zero-order chi connectivity index (χ0) is 13.0. The van der Waals surface area contributed by atoms with Gasteiger partial charge in [-0.25, -0.2) is 0 Å². The summed E-state index contributed by atoms with van der Waals surface area (Å²) in [7, 11) is 4.06. The van der Waals surface area contributed by atoms with E-state index in [0.717, 1.165) is 18.1 Å². The lowest BCUT2D eigenvalue weighted by atomic mass is 10.1. The number of hydrogen-bond donors (Lipinski definition) is 1. The summed E-state index contributed by atoms with van der Waals surface area (Å²) in [4.78, 5) is 3.59. The highest BCUT2D eigenvalue weighted by Gasteiger charge is 2.09. The quantitative estimate of drug-likeness (QED) is 0.897. The molecule has 18 heavy (non-hydrogen) atoms. The zero-order valence-corrected chi connectivity index (χ0v) is 12.2. The van der Waals surface area contributed by atoms with Gasteiger partial charge in [-0.15, -0.1) is 11.3 Å². The molecule has 0 spiro atoms. The molecule has 0 saturated heterocycles. The van der Waals surface area contributed by atoms with Crippen molar-refractivity contribution in [3.05, 3.63) is 51.2 Å². The minimum atomic E-state index is 0.780. The van der Waals surface area contributed by atoms with E-state index >= 15 is 0 Å². The topological polar surface area (TPSA) is 15.3 Å². The Kier molecular flexibility index (Phi) is 4.64. The van der Waals surface area contributed by atoms with Crippen LogP contribution in [0.1, 0.15) is 10.4 Å². The van der Waals surface area contributed by atoms with Gasteiger partial charge in [0.25, 0.3) is 0 Å². The maximum Gasteiger partial charge on any atom is 0.0519 e. The first-order chi connectivity index (χ1) is 8.70. The molecule has 4 heteroatoms. The van der Waals surface area contributed by atoms with Crippen molar-refractivity contribution in [2.24, 2.45) is 0 Å². The molecule has 0 aliphatic rings. The summed E-state index contributed by atoms with van der Waals surface area (Å²) >= 11 is 7.88. The minimum Gasteiger partial charge on any atom is -0.369 e. The van der Waals surface area contributed by atoms with Gasteiger partial charge in [0.2, 0.25) is 0 Å². The molecule has 0 fully saturated rings. The number of hydrogen-bond acceptors (Lipinski definition) is 3. The van der Waals surface area contributed by atoms with E-state index in [9.17, 15) is 0 Å². The van der Waals surface area contributed by atoms with Crippen molar-refractivity contribution >= 4 is 28.6 Å². The van der Waals surface area contributed by atoms with E-state index in [0.29, 0.717) is 0 Å². The fourth-order valence-corrected chi connectivity index (χ4v) is 2.88. The van der Waals surface area contributed by atoms with E-state index in [1.807, 2.05) is 19.2 Å². The molecule has 0 bridgehead atoms. The van der Waals surface area contributed by atoms with Crippen molar-refractivity contribution < 1.29 is 0 Å². The van der Waals surface area contributed by atoms with E-state index in [4.69, 9.17) is 11.6 Å². The molecule has 0 unspecified atom stereocenters. The van der Waals surface area contributed by atoms with Crippen molar-refractivity contribution in [1.29, 1.82) is 0 Å². The number of anilines is 1. The SMILES string of the molecule is CNCc1ccc(Cl)cc1N(C)Cc1cccs1. The average molecular weight is 281 g/mol. The smallest absolute Gasteiger partial charge is 0.0519 e. The fraction of sp³-hybridized carbons (Fsp3) is 0.286. The molecule has 1 N–H and O–H groups in total. The Morgan fingerprint density at radius 2 is 2.17 bits per heavy atom. The Morgan fingerprint density at radius 3 is 2.83 bits per heavy atom. The molecule has 1 heterocycles. The van der Waals surface area contributed by atoms with Gasteiger partial charge in [-0.2, -0.15) is 0 Å². The van der Waals surface area contributed by atoms with Crippen LogP contribution < -0.4 is 10.2 Å². The van der Waals surface area contributed by atoms with Gasteiger partial charge in [0.1, 0.15) is 0 Å². The van der Waals surface area contributed by atoms with E-state index in [-0.39, 0.29) is 0 Å². The van der Waals surface area contributed by atoms with Crippen LogP contribution in [0, 0.1) is 0 Å². The standard InChI is InChI=1S/C14H17ClN2S/c1-16-9-11-5-6-12(15)8-14(11)17(2)10-13-4-3-7-18-13/h3-8,16H,9-10H2,1-2H3. The largest absolute Gasteiger partial charge is 0.369 e. The third-order valence-corrected chi connectivity index (χ3v) is 3.90. The predicted molar refractivity (Wildman–Crippen MR) is 80.6 cm³/mol. The molecule has 2 nitrogen and oxygen atoms in total. The van der Waals surface area contributed by atoms with Crippen molar-refractivity contribution in [1.82, 2.24) is 5.32 Å². The lowest BCUT2D eigenvalue weighted by molar-refractivity contribution is 0.807. The number of halogens is 1. The van der Waals surface area contributed by atoms with Crippen LogP contribution in [0.4, 0.5) is 5.69 Å². The van der Waals surface area contributed by atoms with Crippen LogP contribution in [-0.2, 0) is 13.1 Å². The molecule has 2 rings (SSSR count).